The Hall–Kier alpha value is -3.35. The van der Waals surface area contributed by atoms with Gasteiger partial charge in [-0.05, 0) is 76.4 Å². The van der Waals surface area contributed by atoms with E-state index in [1.807, 2.05) is 33.8 Å². The molecule has 1 saturated carbocycles. The molecule has 0 saturated heterocycles. The van der Waals surface area contributed by atoms with Crippen LogP contribution in [0.2, 0.25) is 0 Å². The van der Waals surface area contributed by atoms with Gasteiger partial charge in [0, 0.05) is 34.1 Å². The molecule has 1 aliphatic carbocycles. The molecule has 7 nitrogen and oxygen atoms in total. The highest BCUT2D eigenvalue weighted by Crippen LogP contribution is 2.31. The zero-order valence-electron chi connectivity index (χ0n) is 18.5. The van der Waals surface area contributed by atoms with E-state index >= 15 is 0 Å². The van der Waals surface area contributed by atoms with Crippen LogP contribution in [-0.2, 0) is 9.59 Å². The molecule has 3 rings (SSSR count). The van der Waals surface area contributed by atoms with Crippen molar-refractivity contribution in [3.63, 3.8) is 0 Å². The maximum absolute atomic E-state index is 12.5. The Labute approximate surface area is 183 Å². The minimum absolute atomic E-state index is 0.0311. The molecule has 31 heavy (non-hydrogen) atoms. The molecule has 1 fully saturated rings. The second kappa shape index (κ2) is 9.20. The fourth-order valence-electron chi connectivity index (χ4n) is 3.05. The summed E-state index contributed by atoms with van der Waals surface area (Å²) < 4.78 is 0. The van der Waals surface area contributed by atoms with Gasteiger partial charge in [-0.3, -0.25) is 14.4 Å². The summed E-state index contributed by atoms with van der Waals surface area (Å²) in [6.07, 6.45) is 1.87. The van der Waals surface area contributed by atoms with Gasteiger partial charge in [-0.15, -0.1) is 0 Å². The van der Waals surface area contributed by atoms with Crippen molar-refractivity contribution in [3.05, 3.63) is 53.6 Å². The molecule has 7 heteroatoms. The number of nitrogens with one attached hydrogen (secondary N) is 4. The van der Waals surface area contributed by atoms with Crippen molar-refractivity contribution >= 4 is 34.8 Å². The van der Waals surface area contributed by atoms with Gasteiger partial charge < -0.3 is 21.3 Å². The number of hydrogen-bond acceptors (Lipinski definition) is 4. The van der Waals surface area contributed by atoms with Crippen molar-refractivity contribution in [3.8, 4) is 0 Å². The highest BCUT2D eigenvalue weighted by molar-refractivity contribution is 5.99. The van der Waals surface area contributed by atoms with Crippen LogP contribution in [0.3, 0.4) is 0 Å². The lowest BCUT2D eigenvalue weighted by Crippen LogP contribution is -2.40. The molecule has 0 unspecified atom stereocenters. The van der Waals surface area contributed by atoms with Crippen LogP contribution in [0.25, 0.3) is 0 Å². The predicted octanol–water partition coefficient (Wildman–Crippen LogP) is 3.92. The zero-order valence-corrected chi connectivity index (χ0v) is 18.5. The van der Waals surface area contributed by atoms with E-state index in [9.17, 15) is 14.4 Å². The summed E-state index contributed by atoms with van der Waals surface area (Å²) in [5.41, 5.74) is 3.05. The molecule has 0 atom stereocenters. The zero-order chi connectivity index (χ0) is 22.6. The Bertz CT molecular complexity index is 991. The summed E-state index contributed by atoms with van der Waals surface area (Å²) >= 11 is 0. The first kappa shape index (κ1) is 22.3. The van der Waals surface area contributed by atoms with Crippen LogP contribution in [0, 0.1) is 12.8 Å². The van der Waals surface area contributed by atoms with Crippen molar-refractivity contribution < 1.29 is 14.4 Å². The summed E-state index contributed by atoms with van der Waals surface area (Å²) in [5, 5.41) is 11.8. The van der Waals surface area contributed by atoms with Crippen molar-refractivity contribution in [1.82, 2.24) is 5.32 Å². The molecule has 3 amide bonds. The van der Waals surface area contributed by atoms with E-state index < -0.39 is 0 Å². The van der Waals surface area contributed by atoms with Gasteiger partial charge in [-0.1, -0.05) is 12.1 Å². The summed E-state index contributed by atoms with van der Waals surface area (Å²) in [7, 11) is 0. The molecule has 4 N–H and O–H groups in total. The summed E-state index contributed by atoms with van der Waals surface area (Å²) in [6.45, 7) is 7.67. The van der Waals surface area contributed by atoms with Gasteiger partial charge in [-0.25, -0.2) is 0 Å². The maximum Gasteiger partial charge on any atom is 0.251 e. The molecule has 0 bridgehead atoms. The Morgan fingerprint density at radius 1 is 0.968 bits per heavy atom. The maximum atomic E-state index is 12.5. The molecular weight excluding hydrogens is 392 g/mol. The van der Waals surface area contributed by atoms with Gasteiger partial charge in [0.25, 0.3) is 5.91 Å². The third kappa shape index (κ3) is 6.57. The molecule has 2 aromatic carbocycles. The van der Waals surface area contributed by atoms with E-state index in [1.54, 1.807) is 36.4 Å². The van der Waals surface area contributed by atoms with Gasteiger partial charge in [0.2, 0.25) is 11.8 Å². The van der Waals surface area contributed by atoms with E-state index in [2.05, 4.69) is 21.3 Å². The average molecular weight is 423 g/mol. The lowest BCUT2D eigenvalue weighted by atomic mass is 10.1. The molecular formula is C24H30N4O3. The van der Waals surface area contributed by atoms with E-state index in [4.69, 9.17) is 0 Å². The number of hydrogen-bond donors (Lipinski definition) is 4. The Balaban J connectivity index is 1.57. The lowest BCUT2D eigenvalue weighted by molar-refractivity contribution is -0.117. The fourth-order valence-corrected chi connectivity index (χ4v) is 3.05. The molecule has 0 radical (unpaired) electrons. The van der Waals surface area contributed by atoms with Crippen LogP contribution >= 0.6 is 0 Å². The number of amides is 3. The Morgan fingerprint density at radius 3 is 2.26 bits per heavy atom. The molecule has 164 valence electrons. The smallest absolute Gasteiger partial charge is 0.251 e. The van der Waals surface area contributed by atoms with Crippen LogP contribution in [0.5, 0.6) is 0 Å². The van der Waals surface area contributed by atoms with Crippen LogP contribution < -0.4 is 21.3 Å². The molecule has 0 spiro atoms. The van der Waals surface area contributed by atoms with Gasteiger partial charge in [-0.2, -0.15) is 0 Å². The third-order valence-corrected chi connectivity index (χ3v) is 4.88. The van der Waals surface area contributed by atoms with Crippen molar-refractivity contribution in [2.24, 2.45) is 5.92 Å². The van der Waals surface area contributed by atoms with Gasteiger partial charge in [0.1, 0.15) is 0 Å². The van der Waals surface area contributed by atoms with Gasteiger partial charge in [0.05, 0.1) is 6.54 Å². The monoisotopic (exact) mass is 422 g/mol. The topological polar surface area (TPSA) is 99.3 Å². The second-order valence-electron chi connectivity index (χ2n) is 8.93. The Morgan fingerprint density at radius 2 is 1.61 bits per heavy atom. The minimum atomic E-state index is -0.328. The number of rotatable bonds is 7. The van der Waals surface area contributed by atoms with Crippen molar-refractivity contribution in [2.45, 2.75) is 46.1 Å². The van der Waals surface area contributed by atoms with Crippen LogP contribution in [0.15, 0.2) is 42.5 Å². The SMILES string of the molecule is Cc1c(NC(=O)CNc2cccc(C(=O)NC(C)(C)C)c2)cccc1NC(=O)C1CC1. The molecule has 0 heterocycles. The van der Waals surface area contributed by atoms with E-state index in [0.29, 0.717) is 22.6 Å². The Kier molecular flexibility index (Phi) is 6.63. The van der Waals surface area contributed by atoms with Crippen LogP contribution in [0.1, 0.15) is 49.5 Å². The van der Waals surface area contributed by atoms with Gasteiger partial charge >= 0.3 is 0 Å². The average Bonchev–Trinajstić information content (AvgIpc) is 3.54. The first-order valence-corrected chi connectivity index (χ1v) is 10.5. The number of anilines is 3. The molecule has 2 aromatic rings. The number of benzene rings is 2. The minimum Gasteiger partial charge on any atom is -0.376 e. The number of carbonyl (C=O) groups is 3. The molecule has 1 aliphatic rings. The third-order valence-electron chi connectivity index (χ3n) is 4.88. The quantitative estimate of drug-likeness (QED) is 0.543. The fraction of sp³-hybridized carbons (Fsp3) is 0.375. The van der Waals surface area contributed by atoms with Crippen molar-refractivity contribution in [1.29, 1.82) is 0 Å². The second-order valence-corrected chi connectivity index (χ2v) is 8.93. The number of carbonyl (C=O) groups excluding carboxylic acids is 3. The largest absolute Gasteiger partial charge is 0.376 e. The summed E-state index contributed by atoms with van der Waals surface area (Å²) in [5.74, 6) is -0.244. The molecule has 0 aromatic heterocycles. The lowest BCUT2D eigenvalue weighted by Gasteiger charge is -2.20. The first-order chi connectivity index (χ1) is 14.6. The van der Waals surface area contributed by atoms with E-state index in [-0.39, 0.29) is 35.7 Å². The summed E-state index contributed by atoms with van der Waals surface area (Å²) in [4.78, 5) is 36.8. The normalized spacial score (nSPS) is 13.3. The highest BCUT2D eigenvalue weighted by atomic mass is 16.2. The highest BCUT2D eigenvalue weighted by Gasteiger charge is 2.29. The van der Waals surface area contributed by atoms with E-state index in [1.165, 1.54) is 0 Å². The molecule has 0 aliphatic heterocycles. The predicted molar refractivity (Wildman–Crippen MR) is 123 cm³/mol. The first-order valence-electron chi connectivity index (χ1n) is 10.5. The summed E-state index contributed by atoms with van der Waals surface area (Å²) in [6, 6.07) is 12.5. The van der Waals surface area contributed by atoms with E-state index in [0.717, 1.165) is 18.4 Å². The standard InChI is InChI=1S/C24H30N4O3/c1-15-19(9-6-10-20(15)27-22(30)16-11-12-16)26-21(29)14-25-18-8-5-7-17(13-18)23(31)28-24(2,3)4/h5-10,13,16,25H,11-12,14H2,1-4H3,(H,26,29)(H,27,30)(H,28,31). The van der Waals surface area contributed by atoms with Crippen LogP contribution in [-0.4, -0.2) is 29.8 Å². The van der Waals surface area contributed by atoms with Crippen LogP contribution in [0.4, 0.5) is 17.1 Å². The van der Waals surface area contributed by atoms with Crippen molar-refractivity contribution in [2.75, 3.05) is 22.5 Å². The van der Waals surface area contributed by atoms with Gasteiger partial charge in [0.15, 0.2) is 0 Å².